The quantitative estimate of drug-likeness (QED) is 0.550. The molecular weight excluding hydrogens is 200 g/mol. The molecule has 1 N–H and O–H groups in total. The standard InChI is InChI=1S/C9H16N2O2S/c1-2-13-8(12)4-3-5-10-9-11-6-7-14-9/h2-7H2,1H3,(H,10,11). The topological polar surface area (TPSA) is 50.7 Å². The normalized spacial score (nSPS) is 15.1. The number of rotatable bonds is 5. The van der Waals surface area contributed by atoms with Crippen LogP contribution in [-0.4, -0.2) is 36.6 Å². The Bertz CT molecular complexity index is 219. The highest BCUT2D eigenvalue weighted by Gasteiger charge is 2.06. The molecule has 1 rings (SSSR count). The van der Waals surface area contributed by atoms with Crippen LogP contribution in [0.25, 0.3) is 0 Å². The number of aliphatic imine (C=N–C) groups is 1. The molecule has 1 aliphatic heterocycles. The van der Waals surface area contributed by atoms with Crippen LogP contribution in [0.5, 0.6) is 0 Å². The minimum atomic E-state index is -0.115. The minimum absolute atomic E-state index is 0.115. The molecule has 0 atom stereocenters. The molecule has 0 aromatic carbocycles. The number of ether oxygens (including phenoxy) is 1. The van der Waals surface area contributed by atoms with Crippen molar-refractivity contribution in [1.82, 2.24) is 5.32 Å². The fourth-order valence-electron chi connectivity index (χ4n) is 1.10. The number of hydrogen-bond acceptors (Lipinski definition) is 5. The van der Waals surface area contributed by atoms with Crippen molar-refractivity contribution in [2.24, 2.45) is 4.99 Å². The Kier molecular flexibility index (Phi) is 5.44. The van der Waals surface area contributed by atoms with Crippen molar-refractivity contribution in [1.29, 1.82) is 0 Å². The summed E-state index contributed by atoms with van der Waals surface area (Å²) in [6.07, 6.45) is 1.29. The van der Waals surface area contributed by atoms with Gasteiger partial charge in [-0.25, -0.2) is 0 Å². The summed E-state index contributed by atoms with van der Waals surface area (Å²) in [5.74, 6) is 0.954. The lowest BCUT2D eigenvalue weighted by Gasteiger charge is -2.04. The van der Waals surface area contributed by atoms with Gasteiger partial charge in [-0.2, -0.15) is 0 Å². The molecule has 1 heterocycles. The molecule has 0 saturated heterocycles. The first kappa shape index (κ1) is 11.4. The number of thioether (sulfide) groups is 1. The molecule has 5 heteroatoms. The lowest BCUT2D eigenvalue weighted by Crippen LogP contribution is -2.21. The van der Waals surface area contributed by atoms with Gasteiger partial charge in [-0.15, -0.1) is 0 Å². The Hall–Kier alpha value is -0.710. The van der Waals surface area contributed by atoms with Crippen molar-refractivity contribution in [3.63, 3.8) is 0 Å². The molecule has 0 radical (unpaired) electrons. The van der Waals surface area contributed by atoms with Gasteiger partial charge in [0.15, 0.2) is 5.17 Å². The van der Waals surface area contributed by atoms with E-state index in [2.05, 4.69) is 10.3 Å². The highest BCUT2D eigenvalue weighted by molar-refractivity contribution is 8.14. The van der Waals surface area contributed by atoms with Crippen molar-refractivity contribution in [3.8, 4) is 0 Å². The van der Waals surface area contributed by atoms with E-state index in [1.165, 1.54) is 0 Å². The lowest BCUT2D eigenvalue weighted by atomic mass is 10.3. The average molecular weight is 216 g/mol. The summed E-state index contributed by atoms with van der Waals surface area (Å²) in [6.45, 7) is 3.99. The fourth-order valence-corrected chi connectivity index (χ4v) is 1.87. The molecule has 0 fully saturated rings. The first-order chi connectivity index (χ1) is 6.83. The van der Waals surface area contributed by atoms with Crippen molar-refractivity contribution >= 4 is 22.9 Å². The molecule has 0 unspecified atom stereocenters. The van der Waals surface area contributed by atoms with Gasteiger partial charge in [-0.3, -0.25) is 9.79 Å². The number of hydrogen-bond donors (Lipinski definition) is 1. The Morgan fingerprint density at radius 1 is 1.71 bits per heavy atom. The fraction of sp³-hybridized carbons (Fsp3) is 0.778. The van der Waals surface area contributed by atoms with Crippen LogP contribution in [0.4, 0.5) is 0 Å². The van der Waals surface area contributed by atoms with Crippen molar-refractivity contribution in [2.45, 2.75) is 19.8 Å². The molecule has 14 heavy (non-hydrogen) atoms. The summed E-state index contributed by atoms with van der Waals surface area (Å²) >= 11 is 1.73. The Balaban J connectivity index is 1.96. The van der Waals surface area contributed by atoms with Gasteiger partial charge >= 0.3 is 5.97 Å². The van der Waals surface area contributed by atoms with E-state index < -0.39 is 0 Å². The molecule has 1 aliphatic rings. The number of nitrogens with one attached hydrogen (secondary N) is 1. The van der Waals surface area contributed by atoms with Crippen LogP contribution in [-0.2, 0) is 9.53 Å². The third-order valence-corrected chi connectivity index (χ3v) is 2.66. The average Bonchev–Trinajstić information content (AvgIpc) is 2.65. The zero-order valence-corrected chi connectivity index (χ0v) is 9.23. The van der Waals surface area contributed by atoms with Gasteiger partial charge < -0.3 is 10.1 Å². The largest absolute Gasteiger partial charge is 0.466 e. The van der Waals surface area contributed by atoms with Crippen LogP contribution in [0, 0.1) is 0 Å². The van der Waals surface area contributed by atoms with Crippen LogP contribution < -0.4 is 5.32 Å². The van der Waals surface area contributed by atoms with Crippen LogP contribution in [0.2, 0.25) is 0 Å². The molecule has 0 spiro atoms. The van der Waals surface area contributed by atoms with E-state index in [-0.39, 0.29) is 5.97 Å². The maximum atomic E-state index is 11.0. The predicted molar refractivity (Wildman–Crippen MR) is 58.6 cm³/mol. The van der Waals surface area contributed by atoms with Crippen molar-refractivity contribution < 1.29 is 9.53 Å². The summed E-state index contributed by atoms with van der Waals surface area (Å²) in [6, 6.07) is 0. The maximum Gasteiger partial charge on any atom is 0.305 e. The van der Waals surface area contributed by atoms with Gasteiger partial charge in [-0.1, -0.05) is 11.8 Å². The van der Waals surface area contributed by atoms with Gasteiger partial charge in [0.2, 0.25) is 0 Å². The second-order valence-corrected chi connectivity index (χ2v) is 3.95. The smallest absolute Gasteiger partial charge is 0.305 e. The second-order valence-electron chi connectivity index (χ2n) is 2.87. The first-order valence-electron chi connectivity index (χ1n) is 4.89. The number of nitrogens with zero attached hydrogens (tertiary/aromatic N) is 1. The van der Waals surface area contributed by atoms with E-state index >= 15 is 0 Å². The zero-order chi connectivity index (χ0) is 10.2. The third kappa shape index (κ3) is 4.50. The van der Waals surface area contributed by atoms with E-state index in [1.807, 2.05) is 6.92 Å². The summed E-state index contributed by atoms with van der Waals surface area (Å²) in [7, 11) is 0. The predicted octanol–water partition coefficient (Wildman–Crippen LogP) is 1.02. The van der Waals surface area contributed by atoms with Crippen molar-refractivity contribution in [2.75, 3.05) is 25.4 Å². The van der Waals surface area contributed by atoms with E-state index in [9.17, 15) is 4.79 Å². The lowest BCUT2D eigenvalue weighted by molar-refractivity contribution is -0.143. The van der Waals surface area contributed by atoms with Gasteiger partial charge in [0.05, 0.1) is 13.2 Å². The van der Waals surface area contributed by atoms with Gasteiger partial charge in [0, 0.05) is 18.7 Å². The number of carbonyl (C=O) groups excluding carboxylic acids is 1. The molecule has 80 valence electrons. The molecule has 0 aliphatic carbocycles. The maximum absolute atomic E-state index is 11.0. The van der Waals surface area contributed by atoms with Crippen LogP contribution in [0.1, 0.15) is 19.8 Å². The van der Waals surface area contributed by atoms with Gasteiger partial charge in [0.25, 0.3) is 0 Å². The third-order valence-electron chi connectivity index (χ3n) is 1.72. The van der Waals surface area contributed by atoms with Gasteiger partial charge in [-0.05, 0) is 13.3 Å². The zero-order valence-electron chi connectivity index (χ0n) is 8.41. The number of amidine groups is 1. The highest BCUT2D eigenvalue weighted by Crippen LogP contribution is 2.08. The summed E-state index contributed by atoms with van der Waals surface area (Å²) < 4.78 is 4.81. The first-order valence-corrected chi connectivity index (χ1v) is 5.88. The van der Waals surface area contributed by atoms with Crippen molar-refractivity contribution in [3.05, 3.63) is 0 Å². The Labute approximate surface area is 88.5 Å². The summed E-state index contributed by atoms with van der Waals surface area (Å²) in [4.78, 5) is 15.2. The van der Waals surface area contributed by atoms with E-state index in [0.717, 1.165) is 30.4 Å². The molecule has 0 aromatic rings. The molecule has 4 nitrogen and oxygen atoms in total. The molecular formula is C9H16N2O2S. The molecule has 0 saturated carbocycles. The monoisotopic (exact) mass is 216 g/mol. The second kappa shape index (κ2) is 6.70. The van der Waals surface area contributed by atoms with Crippen LogP contribution >= 0.6 is 11.8 Å². The highest BCUT2D eigenvalue weighted by atomic mass is 32.2. The van der Waals surface area contributed by atoms with Crippen LogP contribution in [0.3, 0.4) is 0 Å². The van der Waals surface area contributed by atoms with E-state index in [1.54, 1.807) is 11.8 Å². The van der Waals surface area contributed by atoms with E-state index in [4.69, 9.17) is 4.74 Å². The minimum Gasteiger partial charge on any atom is -0.466 e. The Morgan fingerprint density at radius 2 is 2.57 bits per heavy atom. The molecule has 0 bridgehead atoms. The molecule has 0 aromatic heterocycles. The Morgan fingerprint density at radius 3 is 3.21 bits per heavy atom. The number of esters is 1. The SMILES string of the molecule is CCOC(=O)CCCNC1=NCCS1. The molecule has 0 amide bonds. The summed E-state index contributed by atoms with van der Waals surface area (Å²) in [5.41, 5.74) is 0. The number of carbonyl (C=O) groups is 1. The van der Waals surface area contributed by atoms with Gasteiger partial charge in [0.1, 0.15) is 0 Å². The van der Waals surface area contributed by atoms with E-state index in [0.29, 0.717) is 13.0 Å². The van der Waals surface area contributed by atoms with Crippen LogP contribution in [0.15, 0.2) is 4.99 Å². The summed E-state index contributed by atoms with van der Waals surface area (Å²) in [5, 5.41) is 4.19.